The Hall–Kier alpha value is -1.12. The van der Waals surface area contributed by atoms with Crippen molar-refractivity contribution in [3.05, 3.63) is 24.1 Å². The number of allylic oxidation sites excluding steroid dienone is 2. The van der Waals surface area contributed by atoms with Crippen molar-refractivity contribution in [2.45, 2.75) is 33.1 Å². The average Bonchev–Trinajstić information content (AvgIpc) is 2.12. The number of esters is 1. The maximum Gasteiger partial charge on any atom is 0.333 e. The van der Waals surface area contributed by atoms with Gasteiger partial charge in [0.05, 0.1) is 12.4 Å². The van der Waals surface area contributed by atoms with Gasteiger partial charge < -0.3 is 4.74 Å². The van der Waals surface area contributed by atoms with Crippen LogP contribution in [0.15, 0.2) is 24.1 Å². The molecule has 0 aromatic carbocycles. The molecule has 0 aliphatic rings. The van der Waals surface area contributed by atoms with E-state index in [1.807, 2.05) is 6.92 Å². The first-order valence-electron chi connectivity index (χ1n) is 4.75. The maximum atomic E-state index is 12.8. The molecule has 0 heterocycles. The largest absolute Gasteiger partial charge is 0.462 e. The fourth-order valence-corrected chi connectivity index (χ4v) is 0.853. The van der Waals surface area contributed by atoms with Gasteiger partial charge in [-0.1, -0.05) is 19.6 Å². The molecular weight excluding hydrogens is 183 g/mol. The molecular formula is C11H17FO2. The Kier molecular flexibility index (Phi) is 6.72. The first-order valence-corrected chi connectivity index (χ1v) is 4.75. The van der Waals surface area contributed by atoms with Crippen LogP contribution in [0.25, 0.3) is 0 Å². The highest BCUT2D eigenvalue weighted by atomic mass is 19.1. The number of hydrogen-bond acceptors (Lipinski definition) is 2. The van der Waals surface area contributed by atoms with Crippen molar-refractivity contribution in [3.8, 4) is 0 Å². The van der Waals surface area contributed by atoms with Crippen molar-refractivity contribution in [2.75, 3.05) is 6.61 Å². The highest BCUT2D eigenvalue weighted by molar-refractivity contribution is 5.86. The van der Waals surface area contributed by atoms with E-state index in [2.05, 4.69) is 6.58 Å². The van der Waals surface area contributed by atoms with Gasteiger partial charge in [0.2, 0.25) is 0 Å². The lowest BCUT2D eigenvalue weighted by Crippen LogP contribution is -2.06. The smallest absolute Gasteiger partial charge is 0.333 e. The van der Waals surface area contributed by atoms with Crippen LogP contribution in [-0.4, -0.2) is 12.6 Å². The van der Waals surface area contributed by atoms with Gasteiger partial charge in [0, 0.05) is 12.0 Å². The fraction of sp³-hybridized carbons (Fsp3) is 0.545. The fourth-order valence-electron chi connectivity index (χ4n) is 0.853. The first-order chi connectivity index (χ1) is 6.57. The van der Waals surface area contributed by atoms with Crippen LogP contribution in [0.2, 0.25) is 0 Å². The molecule has 0 atom stereocenters. The molecule has 0 aromatic rings. The Bertz CT molecular complexity index is 231. The van der Waals surface area contributed by atoms with Crippen LogP contribution in [0.5, 0.6) is 0 Å². The third-order valence-corrected chi connectivity index (χ3v) is 1.57. The van der Waals surface area contributed by atoms with Gasteiger partial charge in [-0.2, -0.15) is 0 Å². The molecule has 80 valence electrons. The van der Waals surface area contributed by atoms with Crippen LogP contribution in [0.1, 0.15) is 33.1 Å². The van der Waals surface area contributed by atoms with E-state index in [1.54, 1.807) is 6.92 Å². The van der Waals surface area contributed by atoms with Gasteiger partial charge in [0.25, 0.3) is 0 Å². The number of carbonyl (C=O) groups excluding carboxylic acids is 1. The summed E-state index contributed by atoms with van der Waals surface area (Å²) in [6, 6.07) is 0. The van der Waals surface area contributed by atoms with E-state index < -0.39 is 5.97 Å². The molecule has 0 unspecified atom stereocenters. The van der Waals surface area contributed by atoms with Gasteiger partial charge in [0.15, 0.2) is 0 Å². The predicted molar refractivity (Wildman–Crippen MR) is 54.5 cm³/mol. The van der Waals surface area contributed by atoms with Gasteiger partial charge >= 0.3 is 5.97 Å². The van der Waals surface area contributed by atoms with Crippen molar-refractivity contribution >= 4 is 5.97 Å². The van der Waals surface area contributed by atoms with Crippen LogP contribution in [-0.2, 0) is 9.53 Å². The zero-order valence-corrected chi connectivity index (χ0v) is 8.81. The van der Waals surface area contributed by atoms with Crippen molar-refractivity contribution < 1.29 is 13.9 Å². The molecule has 0 radical (unpaired) electrons. The summed E-state index contributed by atoms with van der Waals surface area (Å²) in [5.41, 5.74) is 0.370. The van der Waals surface area contributed by atoms with Crippen molar-refractivity contribution in [3.63, 3.8) is 0 Å². The minimum atomic E-state index is -0.412. The molecule has 2 nitrogen and oxygen atoms in total. The molecule has 0 saturated heterocycles. The summed E-state index contributed by atoms with van der Waals surface area (Å²) in [5.74, 6) is -0.552. The normalized spacial score (nSPS) is 11.2. The van der Waals surface area contributed by atoms with Gasteiger partial charge in [0.1, 0.15) is 0 Å². The summed E-state index contributed by atoms with van der Waals surface area (Å²) in [7, 11) is 0. The molecule has 0 saturated carbocycles. The van der Waals surface area contributed by atoms with Gasteiger partial charge in [-0.05, 0) is 19.8 Å². The molecule has 0 rings (SSSR count). The summed E-state index contributed by atoms with van der Waals surface area (Å²) in [4.78, 5) is 10.9. The molecule has 0 fully saturated rings. The average molecular weight is 200 g/mol. The molecule has 0 aromatic heterocycles. The lowest BCUT2D eigenvalue weighted by Gasteiger charge is -2.02. The summed E-state index contributed by atoms with van der Waals surface area (Å²) in [6.45, 7) is 7.14. The van der Waals surface area contributed by atoms with Crippen molar-refractivity contribution in [1.29, 1.82) is 0 Å². The highest BCUT2D eigenvalue weighted by Gasteiger charge is 2.02. The summed E-state index contributed by atoms with van der Waals surface area (Å²) in [5, 5.41) is 0. The van der Waals surface area contributed by atoms with E-state index in [9.17, 15) is 9.18 Å². The maximum absolute atomic E-state index is 12.8. The Morgan fingerprint density at radius 2 is 2.21 bits per heavy atom. The number of hydrogen-bond donors (Lipinski definition) is 0. The summed E-state index contributed by atoms with van der Waals surface area (Å²) >= 11 is 0. The topological polar surface area (TPSA) is 26.3 Å². The second-order valence-electron chi connectivity index (χ2n) is 3.08. The molecule has 0 bridgehead atoms. The third kappa shape index (κ3) is 6.40. The predicted octanol–water partition coefficient (Wildman–Crippen LogP) is 3.15. The van der Waals surface area contributed by atoms with Crippen molar-refractivity contribution in [2.24, 2.45) is 0 Å². The number of rotatable bonds is 6. The molecule has 3 heteroatoms. The number of carbonyl (C=O) groups is 1. The Morgan fingerprint density at radius 3 is 2.71 bits per heavy atom. The van der Waals surface area contributed by atoms with Gasteiger partial charge in [-0.15, -0.1) is 0 Å². The van der Waals surface area contributed by atoms with E-state index >= 15 is 0 Å². The monoisotopic (exact) mass is 200 g/mol. The molecule has 0 N–H and O–H groups in total. The molecule has 14 heavy (non-hydrogen) atoms. The molecule has 0 aliphatic carbocycles. The van der Waals surface area contributed by atoms with Crippen molar-refractivity contribution in [1.82, 2.24) is 0 Å². The van der Waals surface area contributed by atoms with Crippen LogP contribution in [0, 0.1) is 0 Å². The van der Waals surface area contributed by atoms with Crippen LogP contribution >= 0.6 is 0 Å². The number of halogens is 1. The zero-order valence-electron chi connectivity index (χ0n) is 8.81. The SMILES string of the molecule is C=C(C)C(=O)OCCC/C(F)=C/CC. The van der Waals surface area contributed by atoms with E-state index in [4.69, 9.17) is 4.74 Å². The summed E-state index contributed by atoms with van der Waals surface area (Å²) in [6.07, 6.45) is 3.07. The summed E-state index contributed by atoms with van der Waals surface area (Å²) < 4.78 is 17.6. The molecule has 0 aliphatic heterocycles. The lowest BCUT2D eigenvalue weighted by atomic mass is 10.2. The Morgan fingerprint density at radius 1 is 1.57 bits per heavy atom. The number of ether oxygens (including phenoxy) is 1. The minimum Gasteiger partial charge on any atom is -0.462 e. The minimum absolute atomic E-state index is 0.140. The third-order valence-electron chi connectivity index (χ3n) is 1.57. The second kappa shape index (κ2) is 7.30. The van der Waals surface area contributed by atoms with Crippen LogP contribution < -0.4 is 0 Å². The zero-order chi connectivity index (χ0) is 11.0. The highest BCUT2D eigenvalue weighted by Crippen LogP contribution is 2.07. The molecule has 0 amide bonds. The Labute approximate surface area is 84.5 Å². The standard InChI is InChI=1S/C11H17FO2/c1-4-6-10(12)7-5-8-14-11(13)9(2)3/h6H,2,4-5,7-8H2,1,3H3/b10-6-. The second-order valence-corrected chi connectivity index (χ2v) is 3.08. The van der Waals surface area contributed by atoms with Gasteiger partial charge in [-0.3, -0.25) is 0 Å². The van der Waals surface area contributed by atoms with Crippen LogP contribution in [0.3, 0.4) is 0 Å². The van der Waals surface area contributed by atoms with E-state index in [1.165, 1.54) is 6.08 Å². The first kappa shape index (κ1) is 12.9. The van der Waals surface area contributed by atoms with E-state index in [0.717, 1.165) is 0 Å². The quantitative estimate of drug-likeness (QED) is 0.374. The lowest BCUT2D eigenvalue weighted by molar-refractivity contribution is -0.139. The van der Waals surface area contributed by atoms with E-state index in [0.29, 0.717) is 24.8 Å². The van der Waals surface area contributed by atoms with E-state index in [-0.39, 0.29) is 12.4 Å². The Balaban J connectivity index is 3.52. The van der Waals surface area contributed by atoms with Crippen LogP contribution in [0.4, 0.5) is 4.39 Å². The molecule has 0 spiro atoms. The van der Waals surface area contributed by atoms with Gasteiger partial charge in [-0.25, -0.2) is 9.18 Å².